The lowest BCUT2D eigenvalue weighted by molar-refractivity contribution is 1.22. The van der Waals surface area contributed by atoms with Crippen molar-refractivity contribution in [3.8, 4) is 22.5 Å². The van der Waals surface area contributed by atoms with Gasteiger partial charge in [-0.15, -0.1) is 0 Å². The summed E-state index contributed by atoms with van der Waals surface area (Å²) in [6, 6.07) is 36.1. The van der Waals surface area contributed by atoms with Crippen LogP contribution >= 0.6 is 0 Å². The van der Waals surface area contributed by atoms with Crippen molar-refractivity contribution >= 4 is 22.8 Å². The van der Waals surface area contributed by atoms with E-state index in [1.54, 1.807) is 24.8 Å². The minimum Gasteiger partial charge on any atom is -0.262 e. The zero-order valence-corrected chi connectivity index (χ0v) is 21.4. The van der Waals surface area contributed by atoms with Gasteiger partial charge < -0.3 is 0 Å². The SMILES string of the molecule is c1ccc(-c2cccc(C3=Nc4cnccc4C(c4cccc(-c5ccccc5)n4)=Nc4cnccc43)n2)cc1. The summed E-state index contributed by atoms with van der Waals surface area (Å²) in [6.45, 7) is 0. The molecule has 0 amide bonds. The van der Waals surface area contributed by atoms with E-state index >= 15 is 0 Å². The van der Waals surface area contributed by atoms with Crippen LogP contribution in [0.3, 0.4) is 0 Å². The van der Waals surface area contributed by atoms with Gasteiger partial charge >= 0.3 is 0 Å². The van der Waals surface area contributed by atoms with Gasteiger partial charge in [0.15, 0.2) is 0 Å². The molecule has 0 unspecified atom stereocenters. The molecule has 2 aromatic carbocycles. The van der Waals surface area contributed by atoms with Gasteiger partial charge in [0, 0.05) is 34.6 Å². The fraction of sp³-hybridized carbons (Fsp3) is 0. The Morgan fingerprint density at radius 1 is 0.375 bits per heavy atom. The summed E-state index contributed by atoms with van der Waals surface area (Å²) in [5.74, 6) is 0. The molecule has 0 atom stereocenters. The molecule has 0 saturated heterocycles. The summed E-state index contributed by atoms with van der Waals surface area (Å²) in [5, 5.41) is 0. The predicted octanol–water partition coefficient (Wildman–Crippen LogP) is 7.25. The van der Waals surface area contributed by atoms with Crippen molar-refractivity contribution in [3.05, 3.63) is 156 Å². The number of hydrogen-bond acceptors (Lipinski definition) is 6. The standard InChI is InChI=1S/C34H22N6/c1-3-9-23(10-4-1)27-13-7-15-29(37-27)33-25-17-19-35-21-31(25)40-34(26-18-20-36-22-32(26)39-33)30-16-8-14-28(38-30)24-11-5-2-6-12-24/h1-22H. The largest absolute Gasteiger partial charge is 0.262 e. The Kier molecular flexibility index (Phi) is 6.03. The highest BCUT2D eigenvalue weighted by atomic mass is 14.9. The van der Waals surface area contributed by atoms with Crippen LogP contribution in [0.5, 0.6) is 0 Å². The Morgan fingerprint density at radius 3 is 1.25 bits per heavy atom. The maximum absolute atomic E-state index is 5.16. The number of rotatable bonds is 4. The molecular weight excluding hydrogens is 492 g/mol. The molecule has 0 bridgehead atoms. The van der Waals surface area contributed by atoms with E-state index < -0.39 is 0 Å². The number of nitrogens with zero attached hydrogens (tertiary/aromatic N) is 6. The quantitative estimate of drug-likeness (QED) is 0.248. The summed E-state index contributed by atoms with van der Waals surface area (Å²) in [7, 11) is 0. The molecule has 6 aromatic rings. The van der Waals surface area contributed by atoms with E-state index in [1.165, 1.54) is 0 Å². The smallest absolute Gasteiger partial charge is 0.0989 e. The van der Waals surface area contributed by atoms with E-state index in [-0.39, 0.29) is 0 Å². The molecule has 4 aromatic heterocycles. The van der Waals surface area contributed by atoms with Crippen LogP contribution in [0.4, 0.5) is 11.4 Å². The monoisotopic (exact) mass is 514 g/mol. The van der Waals surface area contributed by atoms with Crippen LogP contribution in [0, 0.1) is 0 Å². The van der Waals surface area contributed by atoms with Crippen LogP contribution in [0.15, 0.2) is 144 Å². The third-order valence-electron chi connectivity index (χ3n) is 6.70. The Morgan fingerprint density at radius 2 is 0.800 bits per heavy atom. The average Bonchev–Trinajstić information content (AvgIpc) is 3.03. The zero-order valence-electron chi connectivity index (χ0n) is 21.4. The second-order valence-electron chi connectivity index (χ2n) is 9.25. The fourth-order valence-corrected chi connectivity index (χ4v) is 4.78. The van der Waals surface area contributed by atoms with Gasteiger partial charge in [-0.1, -0.05) is 72.8 Å². The first kappa shape index (κ1) is 23.5. The van der Waals surface area contributed by atoms with Crippen molar-refractivity contribution in [2.24, 2.45) is 9.98 Å². The number of hydrogen-bond donors (Lipinski definition) is 0. The van der Waals surface area contributed by atoms with Gasteiger partial charge in [-0.05, 0) is 36.4 Å². The molecule has 0 saturated carbocycles. The molecule has 1 aliphatic heterocycles. The minimum absolute atomic E-state index is 0.692. The molecule has 0 N–H and O–H groups in total. The van der Waals surface area contributed by atoms with Gasteiger partial charge in [-0.25, -0.2) is 20.0 Å². The molecule has 0 aliphatic carbocycles. The topological polar surface area (TPSA) is 76.3 Å². The normalized spacial score (nSPS) is 12.3. The summed E-state index contributed by atoms with van der Waals surface area (Å²) in [6.07, 6.45) is 7.04. The molecule has 6 heteroatoms. The van der Waals surface area contributed by atoms with Crippen LogP contribution in [-0.2, 0) is 0 Å². The number of fused-ring (bicyclic) bond motifs is 2. The van der Waals surface area contributed by atoms with Crippen molar-refractivity contribution in [2.75, 3.05) is 0 Å². The average molecular weight is 515 g/mol. The second kappa shape index (κ2) is 10.3. The Labute approximate surface area is 231 Å². The minimum atomic E-state index is 0.692. The number of aliphatic imine (C=N–C) groups is 2. The van der Waals surface area contributed by atoms with Gasteiger partial charge in [0.1, 0.15) is 0 Å². The first-order valence-electron chi connectivity index (χ1n) is 13.0. The molecule has 6 nitrogen and oxygen atoms in total. The maximum Gasteiger partial charge on any atom is 0.0989 e. The fourth-order valence-electron chi connectivity index (χ4n) is 4.78. The van der Waals surface area contributed by atoms with Crippen molar-refractivity contribution in [3.63, 3.8) is 0 Å². The van der Waals surface area contributed by atoms with Gasteiger partial charge in [-0.2, -0.15) is 0 Å². The van der Waals surface area contributed by atoms with E-state index in [2.05, 4.69) is 34.2 Å². The van der Waals surface area contributed by atoms with Crippen LogP contribution in [0.2, 0.25) is 0 Å². The van der Waals surface area contributed by atoms with E-state index in [1.807, 2.05) is 84.9 Å². The molecule has 7 rings (SSSR count). The van der Waals surface area contributed by atoms with Gasteiger partial charge in [0.2, 0.25) is 0 Å². The van der Waals surface area contributed by atoms with Crippen molar-refractivity contribution in [1.29, 1.82) is 0 Å². The first-order valence-corrected chi connectivity index (χ1v) is 13.0. The van der Waals surface area contributed by atoms with Crippen LogP contribution in [0.25, 0.3) is 22.5 Å². The van der Waals surface area contributed by atoms with Gasteiger partial charge in [-0.3, -0.25) is 9.97 Å². The number of benzene rings is 2. The molecule has 40 heavy (non-hydrogen) atoms. The first-order chi connectivity index (χ1) is 19.8. The summed E-state index contributed by atoms with van der Waals surface area (Å²) in [4.78, 5) is 29.1. The second-order valence-corrected chi connectivity index (χ2v) is 9.25. The van der Waals surface area contributed by atoms with Crippen LogP contribution in [-0.4, -0.2) is 31.4 Å². The van der Waals surface area contributed by atoms with Crippen LogP contribution < -0.4 is 0 Å². The van der Waals surface area contributed by atoms with Crippen molar-refractivity contribution in [2.45, 2.75) is 0 Å². The summed E-state index contributed by atoms with van der Waals surface area (Å²) >= 11 is 0. The molecule has 188 valence electrons. The van der Waals surface area contributed by atoms with E-state index in [0.717, 1.165) is 45.0 Å². The Balaban J connectivity index is 1.41. The lowest BCUT2D eigenvalue weighted by Crippen LogP contribution is -2.13. The Bertz CT molecular complexity index is 1750. The molecule has 0 spiro atoms. The van der Waals surface area contributed by atoms with Gasteiger partial charge in [0.05, 0.1) is 58.0 Å². The van der Waals surface area contributed by atoms with Crippen molar-refractivity contribution in [1.82, 2.24) is 19.9 Å². The highest BCUT2D eigenvalue weighted by Crippen LogP contribution is 2.32. The van der Waals surface area contributed by atoms with Gasteiger partial charge in [0.25, 0.3) is 0 Å². The lowest BCUT2D eigenvalue weighted by Gasteiger charge is -2.17. The number of pyridine rings is 4. The lowest BCUT2D eigenvalue weighted by atomic mass is 10.0. The van der Waals surface area contributed by atoms with Crippen molar-refractivity contribution < 1.29 is 0 Å². The van der Waals surface area contributed by atoms with E-state index in [0.29, 0.717) is 22.8 Å². The number of aromatic nitrogens is 4. The molecule has 0 radical (unpaired) electrons. The van der Waals surface area contributed by atoms with Crippen LogP contribution in [0.1, 0.15) is 22.5 Å². The maximum atomic E-state index is 5.16. The molecule has 1 aliphatic rings. The summed E-state index contributed by atoms with van der Waals surface area (Å²) in [5.41, 5.74) is 9.77. The third kappa shape index (κ3) is 4.48. The zero-order chi connectivity index (χ0) is 26.7. The molecular formula is C34H22N6. The highest BCUT2D eigenvalue weighted by molar-refractivity contribution is 6.21. The highest BCUT2D eigenvalue weighted by Gasteiger charge is 2.22. The molecule has 0 fully saturated rings. The predicted molar refractivity (Wildman–Crippen MR) is 158 cm³/mol. The van der Waals surface area contributed by atoms with E-state index in [9.17, 15) is 0 Å². The summed E-state index contributed by atoms with van der Waals surface area (Å²) < 4.78 is 0. The Hall–Kier alpha value is -5.62. The van der Waals surface area contributed by atoms with E-state index in [4.69, 9.17) is 20.0 Å². The third-order valence-corrected chi connectivity index (χ3v) is 6.70. The molecule has 5 heterocycles.